The zero-order valence-electron chi connectivity index (χ0n) is 11.0. The van der Waals surface area contributed by atoms with Gasteiger partial charge in [-0.05, 0) is 11.2 Å². The molecular formula is C12H17NO5S. The Bertz CT molecular complexity index is 411. The van der Waals surface area contributed by atoms with Crippen LogP contribution in [0.2, 0.25) is 0 Å². The largest absolute Gasteiger partial charge is 0.614 e. The maximum atomic E-state index is 12.2. The third-order valence-electron chi connectivity index (χ3n) is 2.72. The molecule has 1 aliphatic heterocycles. The number of hydrogen-bond donors (Lipinski definition) is 0. The molecule has 0 spiro atoms. The van der Waals surface area contributed by atoms with Crippen LogP contribution in [0.25, 0.3) is 0 Å². The van der Waals surface area contributed by atoms with Gasteiger partial charge in [0.15, 0.2) is 17.3 Å². The quantitative estimate of drug-likeness (QED) is 0.743. The third kappa shape index (κ3) is 3.50. The van der Waals surface area contributed by atoms with Crippen molar-refractivity contribution in [1.29, 1.82) is 0 Å². The van der Waals surface area contributed by atoms with Crippen LogP contribution in [0.4, 0.5) is 0 Å². The standard InChI is InChI=1S/C12H17NO5S/c1-15-10-3-4-13-9(12(10)16-2)8-19(14)11-7-17-5-6-18-11/h3-4,11H,5-8H2,1-2H3. The summed E-state index contributed by atoms with van der Waals surface area (Å²) in [5.74, 6) is 1.33. The molecule has 2 unspecified atom stereocenters. The Balaban J connectivity index is 2.09. The molecule has 1 aliphatic rings. The summed E-state index contributed by atoms with van der Waals surface area (Å²) in [4.78, 5) is 4.20. The minimum Gasteiger partial charge on any atom is -0.614 e. The minimum absolute atomic E-state index is 0.244. The average Bonchev–Trinajstić information content (AvgIpc) is 2.47. The Morgan fingerprint density at radius 3 is 2.89 bits per heavy atom. The SMILES string of the molecule is COc1ccnc(C[S+]([O-])C2COCCO2)c1OC. The number of hydrogen-bond acceptors (Lipinski definition) is 6. The van der Waals surface area contributed by atoms with Gasteiger partial charge in [0.1, 0.15) is 12.3 Å². The van der Waals surface area contributed by atoms with E-state index in [1.807, 2.05) is 0 Å². The molecule has 0 radical (unpaired) electrons. The maximum Gasteiger partial charge on any atom is 0.239 e. The first-order valence-corrected chi connectivity index (χ1v) is 7.27. The van der Waals surface area contributed by atoms with E-state index in [9.17, 15) is 4.55 Å². The van der Waals surface area contributed by atoms with E-state index in [-0.39, 0.29) is 5.75 Å². The van der Waals surface area contributed by atoms with Gasteiger partial charge in [-0.3, -0.25) is 4.98 Å². The molecule has 6 nitrogen and oxygen atoms in total. The molecule has 0 saturated carbocycles. The first-order chi connectivity index (χ1) is 9.26. The normalized spacial score (nSPS) is 20.9. The van der Waals surface area contributed by atoms with Crippen LogP contribution in [0.1, 0.15) is 5.69 Å². The number of nitrogens with zero attached hydrogens (tertiary/aromatic N) is 1. The zero-order valence-corrected chi connectivity index (χ0v) is 11.8. The Morgan fingerprint density at radius 1 is 1.42 bits per heavy atom. The summed E-state index contributed by atoms with van der Waals surface area (Å²) in [5.41, 5.74) is 0.181. The molecule has 1 aromatic heterocycles. The summed E-state index contributed by atoms with van der Waals surface area (Å²) in [5, 5.41) is 0. The number of ether oxygens (including phenoxy) is 4. The average molecular weight is 287 g/mol. The lowest BCUT2D eigenvalue weighted by atomic mass is 10.3. The molecule has 1 fully saturated rings. The lowest BCUT2D eigenvalue weighted by Gasteiger charge is -2.25. The van der Waals surface area contributed by atoms with Gasteiger partial charge in [-0.15, -0.1) is 0 Å². The van der Waals surface area contributed by atoms with Gasteiger partial charge in [0.2, 0.25) is 5.44 Å². The predicted octanol–water partition coefficient (Wildman–Crippen LogP) is 0.720. The van der Waals surface area contributed by atoms with Crippen LogP contribution in [-0.2, 0) is 26.4 Å². The summed E-state index contributed by atoms with van der Waals surface area (Å²) >= 11 is -1.22. The molecule has 1 saturated heterocycles. The van der Waals surface area contributed by atoms with Gasteiger partial charge < -0.3 is 23.5 Å². The van der Waals surface area contributed by atoms with Crippen molar-refractivity contribution in [1.82, 2.24) is 4.98 Å². The molecule has 0 N–H and O–H groups in total. The van der Waals surface area contributed by atoms with Crippen LogP contribution >= 0.6 is 0 Å². The predicted molar refractivity (Wildman–Crippen MR) is 69.7 cm³/mol. The molecule has 0 aromatic carbocycles. The third-order valence-corrected chi connectivity index (χ3v) is 4.14. The first kappa shape index (κ1) is 14.4. The van der Waals surface area contributed by atoms with E-state index < -0.39 is 16.6 Å². The van der Waals surface area contributed by atoms with E-state index >= 15 is 0 Å². The van der Waals surface area contributed by atoms with Crippen LogP contribution in [0.15, 0.2) is 12.3 Å². The molecule has 1 aromatic rings. The Labute approximate surface area is 115 Å². The molecule has 2 atom stereocenters. The minimum atomic E-state index is -1.22. The van der Waals surface area contributed by atoms with Gasteiger partial charge in [-0.1, -0.05) is 0 Å². The van der Waals surface area contributed by atoms with E-state index in [0.29, 0.717) is 37.0 Å². The van der Waals surface area contributed by atoms with Gasteiger partial charge >= 0.3 is 0 Å². The van der Waals surface area contributed by atoms with E-state index in [1.165, 1.54) is 7.11 Å². The van der Waals surface area contributed by atoms with Crippen LogP contribution in [0, 0.1) is 0 Å². The summed E-state index contributed by atoms with van der Waals surface area (Å²) < 4.78 is 33.3. The number of methoxy groups -OCH3 is 2. The summed E-state index contributed by atoms with van der Waals surface area (Å²) in [6.45, 7) is 1.37. The van der Waals surface area contributed by atoms with E-state index in [2.05, 4.69) is 4.98 Å². The Morgan fingerprint density at radius 2 is 2.26 bits per heavy atom. The van der Waals surface area contributed by atoms with Crippen molar-refractivity contribution in [3.05, 3.63) is 18.0 Å². The first-order valence-electron chi connectivity index (χ1n) is 5.88. The second-order valence-electron chi connectivity index (χ2n) is 3.89. The molecule has 2 rings (SSSR count). The maximum absolute atomic E-state index is 12.2. The van der Waals surface area contributed by atoms with Crippen molar-refractivity contribution in [2.75, 3.05) is 34.0 Å². The monoisotopic (exact) mass is 287 g/mol. The summed E-state index contributed by atoms with van der Waals surface area (Å²) in [6, 6.07) is 1.70. The Hall–Kier alpha value is -1.02. The van der Waals surface area contributed by atoms with E-state index in [4.69, 9.17) is 18.9 Å². The van der Waals surface area contributed by atoms with Crippen molar-refractivity contribution in [2.45, 2.75) is 11.2 Å². The second-order valence-corrected chi connectivity index (χ2v) is 5.47. The number of pyridine rings is 1. The van der Waals surface area contributed by atoms with Crippen molar-refractivity contribution in [3.63, 3.8) is 0 Å². The van der Waals surface area contributed by atoms with Crippen molar-refractivity contribution in [3.8, 4) is 11.5 Å². The molecule has 0 bridgehead atoms. The number of rotatable bonds is 5. The van der Waals surface area contributed by atoms with Crippen molar-refractivity contribution < 1.29 is 23.5 Å². The molecule has 7 heteroatoms. The molecular weight excluding hydrogens is 270 g/mol. The van der Waals surface area contributed by atoms with Gasteiger partial charge in [0.05, 0.1) is 27.4 Å². The fourth-order valence-corrected chi connectivity index (χ4v) is 2.96. The van der Waals surface area contributed by atoms with Gasteiger partial charge in [0.25, 0.3) is 0 Å². The Kier molecular flexibility index (Phi) is 5.26. The van der Waals surface area contributed by atoms with E-state index in [1.54, 1.807) is 19.4 Å². The molecule has 19 heavy (non-hydrogen) atoms. The van der Waals surface area contributed by atoms with E-state index in [0.717, 1.165) is 0 Å². The fraction of sp³-hybridized carbons (Fsp3) is 0.583. The van der Waals surface area contributed by atoms with Crippen LogP contribution in [-0.4, -0.2) is 49.0 Å². The van der Waals surface area contributed by atoms with Gasteiger partial charge in [-0.2, -0.15) is 0 Å². The lowest BCUT2D eigenvalue weighted by molar-refractivity contribution is -0.0536. The van der Waals surface area contributed by atoms with Gasteiger partial charge in [-0.25, -0.2) is 0 Å². The number of aromatic nitrogens is 1. The summed E-state index contributed by atoms with van der Waals surface area (Å²) in [6.07, 6.45) is 1.60. The summed E-state index contributed by atoms with van der Waals surface area (Å²) in [7, 11) is 3.09. The fourth-order valence-electron chi connectivity index (χ4n) is 1.80. The highest BCUT2D eigenvalue weighted by molar-refractivity contribution is 7.91. The highest BCUT2D eigenvalue weighted by atomic mass is 32.2. The second kappa shape index (κ2) is 6.95. The zero-order chi connectivity index (χ0) is 13.7. The molecule has 0 amide bonds. The lowest BCUT2D eigenvalue weighted by Crippen LogP contribution is -2.36. The van der Waals surface area contributed by atoms with Crippen LogP contribution in [0.3, 0.4) is 0 Å². The molecule has 0 aliphatic carbocycles. The molecule has 2 heterocycles. The highest BCUT2D eigenvalue weighted by Crippen LogP contribution is 2.30. The van der Waals surface area contributed by atoms with Crippen molar-refractivity contribution in [2.24, 2.45) is 0 Å². The molecule has 106 valence electrons. The highest BCUT2D eigenvalue weighted by Gasteiger charge is 2.28. The van der Waals surface area contributed by atoms with Crippen LogP contribution < -0.4 is 9.47 Å². The van der Waals surface area contributed by atoms with Crippen molar-refractivity contribution >= 4 is 11.2 Å². The smallest absolute Gasteiger partial charge is 0.239 e. The van der Waals surface area contributed by atoms with Gasteiger partial charge in [0, 0.05) is 12.3 Å². The topological polar surface area (TPSA) is 72.9 Å². The van der Waals surface area contributed by atoms with Crippen LogP contribution in [0.5, 0.6) is 11.5 Å².